The van der Waals surface area contributed by atoms with Crippen molar-refractivity contribution in [3.63, 3.8) is 0 Å². The van der Waals surface area contributed by atoms with Gasteiger partial charge in [-0.25, -0.2) is 9.97 Å². The van der Waals surface area contributed by atoms with Gasteiger partial charge in [0.25, 0.3) is 0 Å². The van der Waals surface area contributed by atoms with Crippen LogP contribution in [0.4, 0.5) is 0 Å². The van der Waals surface area contributed by atoms with Crippen molar-refractivity contribution >= 4 is 0 Å². The maximum atomic E-state index is 4.80. The van der Waals surface area contributed by atoms with E-state index in [9.17, 15) is 0 Å². The smallest absolute Gasteiger partial charge is 0.131 e. The van der Waals surface area contributed by atoms with E-state index in [1.165, 1.54) is 43.4 Å². The normalized spacial score (nSPS) is 16.3. The van der Waals surface area contributed by atoms with Crippen LogP contribution in [0.25, 0.3) is 0 Å². The number of rotatable bonds is 6. The van der Waals surface area contributed by atoms with Crippen molar-refractivity contribution in [3.05, 3.63) is 23.3 Å². The molecule has 1 N–H and O–H groups in total. The Kier molecular flexibility index (Phi) is 5.12. The Morgan fingerprint density at radius 2 is 2.06 bits per heavy atom. The van der Waals surface area contributed by atoms with Gasteiger partial charge in [0.05, 0.1) is 0 Å². The Morgan fingerprint density at radius 3 is 2.72 bits per heavy atom. The van der Waals surface area contributed by atoms with Crippen molar-refractivity contribution in [2.45, 2.75) is 64.8 Å². The molecule has 18 heavy (non-hydrogen) atoms. The lowest BCUT2D eigenvalue weighted by Gasteiger charge is -2.12. The van der Waals surface area contributed by atoms with Gasteiger partial charge in [-0.15, -0.1) is 0 Å². The molecular weight excluding hydrogens is 222 g/mol. The van der Waals surface area contributed by atoms with Crippen LogP contribution in [-0.4, -0.2) is 16.5 Å². The lowest BCUT2D eigenvalue weighted by molar-refractivity contribution is 0.638. The first-order chi connectivity index (χ1) is 8.85. The van der Waals surface area contributed by atoms with Crippen LogP contribution in [0.5, 0.6) is 0 Å². The van der Waals surface area contributed by atoms with Crippen LogP contribution in [0.2, 0.25) is 0 Å². The van der Waals surface area contributed by atoms with Gasteiger partial charge < -0.3 is 5.32 Å². The fraction of sp³-hybridized carbons (Fsp3) is 0.733. The van der Waals surface area contributed by atoms with E-state index < -0.39 is 0 Å². The van der Waals surface area contributed by atoms with Crippen LogP contribution in [0.3, 0.4) is 0 Å². The van der Waals surface area contributed by atoms with Gasteiger partial charge in [-0.1, -0.05) is 26.7 Å². The summed E-state index contributed by atoms with van der Waals surface area (Å²) in [5.74, 6) is 1.71. The summed E-state index contributed by atoms with van der Waals surface area (Å²) in [6, 6.07) is 0. The van der Waals surface area contributed by atoms with E-state index in [4.69, 9.17) is 4.98 Å². The molecule has 0 aliphatic heterocycles. The molecule has 100 valence electrons. The molecule has 0 amide bonds. The highest BCUT2D eigenvalue weighted by molar-refractivity contribution is 5.19. The minimum atomic E-state index is 0.618. The summed E-state index contributed by atoms with van der Waals surface area (Å²) in [4.78, 5) is 9.40. The number of hydrogen-bond acceptors (Lipinski definition) is 3. The Balaban J connectivity index is 2.07. The van der Waals surface area contributed by atoms with Crippen molar-refractivity contribution < 1.29 is 0 Å². The Morgan fingerprint density at radius 1 is 1.28 bits per heavy atom. The molecule has 1 aliphatic rings. The molecule has 1 aromatic heterocycles. The highest BCUT2D eigenvalue weighted by Crippen LogP contribution is 2.32. The summed E-state index contributed by atoms with van der Waals surface area (Å²) in [5, 5.41) is 3.44. The monoisotopic (exact) mass is 247 g/mol. The van der Waals surface area contributed by atoms with Gasteiger partial charge >= 0.3 is 0 Å². The van der Waals surface area contributed by atoms with E-state index in [1.54, 1.807) is 0 Å². The first kappa shape index (κ1) is 13.5. The maximum Gasteiger partial charge on any atom is 0.131 e. The molecule has 1 saturated carbocycles. The summed E-state index contributed by atoms with van der Waals surface area (Å²) in [7, 11) is 0. The predicted octanol–water partition coefficient (Wildman–Crippen LogP) is 3.20. The average molecular weight is 247 g/mol. The summed E-state index contributed by atoms with van der Waals surface area (Å²) >= 11 is 0. The van der Waals surface area contributed by atoms with Gasteiger partial charge in [0.15, 0.2) is 0 Å². The van der Waals surface area contributed by atoms with Crippen LogP contribution < -0.4 is 5.32 Å². The first-order valence-corrected chi connectivity index (χ1v) is 7.40. The van der Waals surface area contributed by atoms with Gasteiger partial charge in [-0.05, 0) is 32.2 Å². The number of hydrogen-bond donors (Lipinski definition) is 1. The fourth-order valence-corrected chi connectivity index (χ4v) is 2.69. The van der Waals surface area contributed by atoms with Gasteiger partial charge in [0, 0.05) is 29.9 Å². The van der Waals surface area contributed by atoms with Crippen LogP contribution in [-0.2, 0) is 13.0 Å². The molecule has 0 aromatic carbocycles. The number of nitrogens with one attached hydrogen (secondary N) is 1. The fourth-order valence-electron chi connectivity index (χ4n) is 2.69. The van der Waals surface area contributed by atoms with Crippen LogP contribution in [0.1, 0.15) is 69.0 Å². The average Bonchev–Trinajstić information content (AvgIpc) is 2.93. The molecule has 0 spiro atoms. The van der Waals surface area contributed by atoms with Crippen LogP contribution in [0, 0.1) is 0 Å². The molecular formula is C15H25N3. The predicted molar refractivity (Wildman–Crippen MR) is 74.6 cm³/mol. The lowest BCUT2D eigenvalue weighted by atomic mass is 10.1. The van der Waals surface area contributed by atoms with Crippen molar-refractivity contribution in [1.29, 1.82) is 0 Å². The van der Waals surface area contributed by atoms with E-state index in [0.717, 1.165) is 25.3 Å². The van der Waals surface area contributed by atoms with Crippen molar-refractivity contribution in [2.24, 2.45) is 0 Å². The molecule has 3 nitrogen and oxygen atoms in total. The summed E-state index contributed by atoms with van der Waals surface area (Å²) < 4.78 is 0. The van der Waals surface area contributed by atoms with Gasteiger partial charge in [-0.2, -0.15) is 0 Å². The Hall–Kier alpha value is -0.960. The van der Waals surface area contributed by atoms with Crippen molar-refractivity contribution in [1.82, 2.24) is 15.3 Å². The molecule has 1 aromatic rings. The second-order valence-electron chi connectivity index (χ2n) is 5.21. The van der Waals surface area contributed by atoms with Crippen LogP contribution >= 0.6 is 0 Å². The SMILES string of the molecule is CCCNCc1cnc(C2CCCC2)nc1CC. The highest BCUT2D eigenvalue weighted by atomic mass is 14.9. The molecule has 1 heterocycles. The molecule has 0 atom stereocenters. The minimum absolute atomic E-state index is 0.618. The van der Waals surface area contributed by atoms with E-state index >= 15 is 0 Å². The largest absolute Gasteiger partial charge is 0.313 e. The zero-order chi connectivity index (χ0) is 12.8. The minimum Gasteiger partial charge on any atom is -0.313 e. The summed E-state index contributed by atoms with van der Waals surface area (Å²) in [5.41, 5.74) is 2.50. The molecule has 1 aliphatic carbocycles. The zero-order valence-electron chi connectivity index (χ0n) is 11.7. The van der Waals surface area contributed by atoms with Crippen LogP contribution in [0.15, 0.2) is 6.20 Å². The highest BCUT2D eigenvalue weighted by Gasteiger charge is 2.20. The van der Waals surface area contributed by atoms with Gasteiger partial charge in [0.2, 0.25) is 0 Å². The standard InChI is InChI=1S/C15H25N3/c1-3-9-16-10-13-11-17-15(18-14(13)4-2)12-7-5-6-8-12/h11-12,16H,3-10H2,1-2H3. The maximum absolute atomic E-state index is 4.80. The van der Waals surface area contributed by atoms with E-state index in [0.29, 0.717) is 5.92 Å². The Labute approximate surface area is 110 Å². The molecule has 0 unspecified atom stereocenters. The lowest BCUT2D eigenvalue weighted by Crippen LogP contribution is -2.17. The van der Waals surface area contributed by atoms with Crippen molar-refractivity contribution in [2.75, 3.05) is 6.54 Å². The molecule has 1 fully saturated rings. The molecule has 0 radical (unpaired) electrons. The first-order valence-electron chi connectivity index (χ1n) is 7.40. The third kappa shape index (κ3) is 3.29. The summed E-state index contributed by atoms with van der Waals surface area (Å²) in [6.07, 6.45) is 9.45. The third-order valence-electron chi connectivity index (χ3n) is 3.77. The third-order valence-corrected chi connectivity index (χ3v) is 3.77. The summed E-state index contributed by atoms with van der Waals surface area (Å²) in [6.45, 7) is 6.34. The van der Waals surface area contributed by atoms with Gasteiger partial charge in [0.1, 0.15) is 5.82 Å². The van der Waals surface area contributed by atoms with Gasteiger partial charge in [-0.3, -0.25) is 0 Å². The van der Waals surface area contributed by atoms with E-state index in [2.05, 4.69) is 24.1 Å². The van der Waals surface area contributed by atoms with Crippen molar-refractivity contribution in [3.8, 4) is 0 Å². The number of nitrogens with zero attached hydrogens (tertiary/aromatic N) is 2. The van der Waals surface area contributed by atoms with E-state index in [-0.39, 0.29) is 0 Å². The molecule has 0 bridgehead atoms. The second kappa shape index (κ2) is 6.83. The zero-order valence-corrected chi connectivity index (χ0v) is 11.7. The topological polar surface area (TPSA) is 37.8 Å². The number of aryl methyl sites for hydroxylation is 1. The quantitative estimate of drug-likeness (QED) is 0.784. The Bertz CT molecular complexity index is 370. The second-order valence-corrected chi connectivity index (χ2v) is 5.21. The number of aromatic nitrogens is 2. The molecule has 2 rings (SSSR count). The molecule has 3 heteroatoms. The molecule has 0 saturated heterocycles. The van der Waals surface area contributed by atoms with E-state index in [1.807, 2.05) is 6.20 Å².